The number of rotatable bonds is 9. The van der Waals surface area contributed by atoms with Crippen LogP contribution in [0.15, 0.2) is 79.0 Å². The normalized spacial score (nSPS) is 12.6. The average molecular weight is 565 g/mol. The molecule has 0 saturated carbocycles. The first-order valence-corrected chi connectivity index (χ1v) is 13.6. The van der Waals surface area contributed by atoms with Gasteiger partial charge in [0.1, 0.15) is 0 Å². The molecular formula is C32H35F3N4O2. The van der Waals surface area contributed by atoms with E-state index in [1.54, 1.807) is 0 Å². The van der Waals surface area contributed by atoms with Crippen LogP contribution in [0.25, 0.3) is 11.3 Å². The maximum atomic E-state index is 10.6. The average Bonchev–Trinajstić information content (AvgIpc) is 3.54. The minimum atomic E-state index is -5.08. The van der Waals surface area contributed by atoms with Crippen LogP contribution in [-0.2, 0) is 24.3 Å². The van der Waals surface area contributed by atoms with E-state index in [-0.39, 0.29) is 0 Å². The Balaban J connectivity index is 0.000000493. The quantitative estimate of drug-likeness (QED) is 0.231. The minimum absolute atomic E-state index is 0.785. The Morgan fingerprint density at radius 1 is 1.00 bits per heavy atom. The molecule has 0 aliphatic carbocycles. The van der Waals surface area contributed by atoms with Gasteiger partial charge in [0.2, 0.25) is 0 Å². The molecule has 41 heavy (non-hydrogen) atoms. The van der Waals surface area contributed by atoms with E-state index < -0.39 is 12.1 Å². The largest absolute Gasteiger partial charge is 0.490 e. The van der Waals surface area contributed by atoms with E-state index in [1.807, 2.05) is 0 Å². The summed E-state index contributed by atoms with van der Waals surface area (Å²) < 4.78 is 33.8. The number of hydrogen-bond acceptors (Lipinski definition) is 4. The third-order valence-electron chi connectivity index (χ3n) is 7.13. The van der Waals surface area contributed by atoms with Crippen molar-refractivity contribution in [3.63, 3.8) is 0 Å². The van der Waals surface area contributed by atoms with E-state index in [4.69, 9.17) is 15.0 Å². The Morgan fingerprint density at radius 3 is 2.41 bits per heavy atom. The summed E-state index contributed by atoms with van der Waals surface area (Å²) in [5, 5.41) is 15.8. The second kappa shape index (κ2) is 13.5. The molecule has 1 aliphatic heterocycles. The van der Waals surface area contributed by atoms with Crippen molar-refractivity contribution in [2.24, 2.45) is 0 Å². The van der Waals surface area contributed by atoms with Crippen LogP contribution in [0.1, 0.15) is 34.2 Å². The van der Waals surface area contributed by atoms with Crippen LogP contribution in [0.5, 0.6) is 0 Å². The summed E-state index contributed by atoms with van der Waals surface area (Å²) in [5.74, 6) is -2.76. The number of aryl methyl sites for hydroxylation is 2. The molecule has 0 unspecified atom stereocenters. The fraction of sp³-hybridized carbons (Fsp3) is 0.312. The van der Waals surface area contributed by atoms with Gasteiger partial charge < -0.3 is 15.3 Å². The van der Waals surface area contributed by atoms with Gasteiger partial charge >= 0.3 is 12.1 Å². The van der Waals surface area contributed by atoms with Crippen LogP contribution in [0, 0.1) is 13.8 Å². The van der Waals surface area contributed by atoms with Crippen LogP contribution in [0.4, 0.5) is 18.9 Å². The van der Waals surface area contributed by atoms with Crippen molar-refractivity contribution in [3.05, 3.63) is 107 Å². The summed E-state index contributed by atoms with van der Waals surface area (Å²) in [6, 6.07) is 26.0. The first-order valence-electron chi connectivity index (χ1n) is 13.6. The molecule has 0 fully saturated rings. The highest BCUT2D eigenvalue weighted by Crippen LogP contribution is 2.27. The predicted octanol–water partition coefficient (Wildman–Crippen LogP) is 6.39. The number of aliphatic carboxylic acids is 1. The first-order chi connectivity index (χ1) is 19.6. The number of halogens is 3. The standard InChI is InChI=1S/C30H34N4.C2HF3O2/c1-23-13-14-27(19-24(23)2)30-28(22-34(32-30)21-25-9-4-3-5-10-25)20-31-16-8-17-33-18-15-26-11-6-7-12-29(26)33;3-2(4,5)1(6)7/h3-7,9-14,19,22,31H,8,15-18,20-21H2,1-2H3;(H,6,7). The Bertz CT molecular complexity index is 1450. The molecular weight excluding hydrogens is 529 g/mol. The summed E-state index contributed by atoms with van der Waals surface area (Å²) in [7, 11) is 0. The fourth-order valence-electron chi connectivity index (χ4n) is 4.83. The number of fused-ring (bicyclic) bond motifs is 1. The van der Waals surface area contributed by atoms with E-state index >= 15 is 0 Å². The first kappa shape index (κ1) is 29.9. The van der Waals surface area contributed by atoms with Gasteiger partial charge in [0.25, 0.3) is 0 Å². The zero-order valence-corrected chi connectivity index (χ0v) is 23.3. The van der Waals surface area contributed by atoms with Crippen LogP contribution in [0.2, 0.25) is 0 Å². The number of carboxylic acids is 1. The summed E-state index contributed by atoms with van der Waals surface area (Å²) in [4.78, 5) is 11.4. The van der Waals surface area contributed by atoms with E-state index in [2.05, 4.69) is 108 Å². The SMILES string of the molecule is Cc1ccc(-c2nn(Cc3ccccc3)cc2CNCCCN2CCc3ccccc32)cc1C.O=C(O)C(F)(F)F. The number of nitrogens with one attached hydrogen (secondary N) is 1. The summed E-state index contributed by atoms with van der Waals surface area (Å²) in [6.07, 6.45) is -0.573. The van der Waals surface area contributed by atoms with E-state index in [1.165, 1.54) is 45.5 Å². The lowest BCUT2D eigenvalue weighted by atomic mass is 10.0. The highest BCUT2D eigenvalue weighted by Gasteiger charge is 2.38. The number of carbonyl (C=O) groups is 1. The highest BCUT2D eigenvalue weighted by molar-refractivity contribution is 5.73. The van der Waals surface area contributed by atoms with Gasteiger partial charge in [0.05, 0.1) is 12.2 Å². The smallest absolute Gasteiger partial charge is 0.475 e. The Labute approximate surface area is 238 Å². The summed E-state index contributed by atoms with van der Waals surface area (Å²) >= 11 is 0. The van der Waals surface area contributed by atoms with Gasteiger partial charge in [0.15, 0.2) is 0 Å². The molecule has 0 bridgehead atoms. The van der Waals surface area contributed by atoms with Crippen molar-refractivity contribution >= 4 is 11.7 Å². The van der Waals surface area contributed by atoms with Crippen molar-refractivity contribution in [3.8, 4) is 11.3 Å². The molecule has 216 valence electrons. The third kappa shape index (κ3) is 8.20. The molecule has 6 nitrogen and oxygen atoms in total. The molecule has 4 aromatic rings. The molecule has 0 spiro atoms. The highest BCUT2D eigenvalue weighted by atomic mass is 19.4. The van der Waals surface area contributed by atoms with E-state index in [0.717, 1.165) is 44.8 Å². The number of anilines is 1. The van der Waals surface area contributed by atoms with Gasteiger partial charge in [-0.1, -0.05) is 60.7 Å². The van der Waals surface area contributed by atoms with Gasteiger partial charge in [-0.2, -0.15) is 18.3 Å². The van der Waals surface area contributed by atoms with E-state index in [9.17, 15) is 13.2 Å². The maximum absolute atomic E-state index is 10.6. The lowest BCUT2D eigenvalue weighted by Crippen LogP contribution is -2.25. The number of alkyl halides is 3. The Hall–Kier alpha value is -4.11. The van der Waals surface area contributed by atoms with Crippen molar-refractivity contribution in [1.82, 2.24) is 15.1 Å². The predicted molar refractivity (Wildman–Crippen MR) is 155 cm³/mol. The molecule has 2 heterocycles. The number of nitrogens with zero attached hydrogens (tertiary/aromatic N) is 3. The minimum Gasteiger partial charge on any atom is -0.475 e. The van der Waals surface area contributed by atoms with Crippen LogP contribution >= 0.6 is 0 Å². The molecule has 9 heteroatoms. The molecule has 5 rings (SSSR count). The fourth-order valence-corrected chi connectivity index (χ4v) is 4.83. The summed E-state index contributed by atoms with van der Waals surface area (Å²) in [5.41, 5.74) is 10.3. The Morgan fingerprint density at radius 2 is 1.71 bits per heavy atom. The topological polar surface area (TPSA) is 70.4 Å². The lowest BCUT2D eigenvalue weighted by Gasteiger charge is -2.19. The summed E-state index contributed by atoms with van der Waals surface area (Å²) in [6.45, 7) is 9.18. The number of carboxylic acid groups (broad SMARTS) is 1. The van der Waals surface area contributed by atoms with Crippen LogP contribution in [-0.4, -0.2) is 46.7 Å². The molecule has 0 amide bonds. The molecule has 0 saturated heterocycles. The maximum Gasteiger partial charge on any atom is 0.490 e. The molecule has 3 aromatic carbocycles. The second-order valence-electron chi connectivity index (χ2n) is 10.2. The number of hydrogen-bond donors (Lipinski definition) is 2. The molecule has 0 atom stereocenters. The van der Waals surface area contributed by atoms with Crippen molar-refractivity contribution in [2.75, 3.05) is 24.5 Å². The number of para-hydroxylation sites is 1. The molecule has 1 aliphatic rings. The monoisotopic (exact) mass is 564 g/mol. The molecule has 2 N–H and O–H groups in total. The van der Waals surface area contributed by atoms with Crippen molar-refractivity contribution < 1.29 is 23.1 Å². The molecule has 1 aromatic heterocycles. The van der Waals surface area contributed by atoms with Gasteiger partial charge in [-0.25, -0.2) is 4.79 Å². The van der Waals surface area contributed by atoms with Crippen LogP contribution in [0.3, 0.4) is 0 Å². The van der Waals surface area contributed by atoms with Gasteiger partial charge in [-0.15, -0.1) is 0 Å². The number of aromatic nitrogens is 2. The Kier molecular flexibility index (Phi) is 9.83. The van der Waals surface area contributed by atoms with Gasteiger partial charge in [-0.05, 0) is 67.6 Å². The van der Waals surface area contributed by atoms with Gasteiger partial charge in [-0.3, -0.25) is 4.68 Å². The van der Waals surface area contributed by atoms with Gasteiger partial charge in [0, 0.05) is 42.6 Å². The second-order valence-corrected chi connectivity index (χ2v) is 10.2. The third-order valence-corrected chi connectivity index (χ3v) is 7.13. The zero-order valence-electron chi connectivity index (χ0n) is 23.3. The number of benzene rings is 3. The van der Waals surface area contributed by atoms with Crippen LogP contribution < -0.4 is 10.2 Å². The lowest BCUT2D eigenvalue weighted by molar-refractivity contribution is -0.192. The molecule has 0 radical (unpaired) electrons. The van der Waals surface area contributed by atoms with Crippen molar-refractivity contribution in [1.29, 1.82) is 0 Å². The van der Waals surface area contributed by atoms with Crippen molar-refractivity contribution in [2.45, 2.75) is 46.0 Å². The van der Waals surface area contributed by atoms with E-state index in [0.29, 0.717) is 0 Å². The zero-order chi connectivity index (χ0) is 29.4.